The fraction of sp³-hybridized carbons (Fsp3) is 0.227. The van der Waals surface area contributed by atoms with Gasteiger partial charge in [0.15, 0.2) is 0 Å². The molecular weight excluding hydrogens is 425 g/mol. The molecule has 0 spiro atoms. The largest absolute Gasteiger partial charge is 0.491 e. The maximum Gasteiger partial charge on any atom is 0.293 e. The number of amides is 1. The molecule has 2 N–H and O–H groups in total. The van der Waals surface area contributed by atoms with E-state index >= 15 is 0 Å². The summed E-state index contributed by atoms with van der Waals surface area (Å²) in [5.74, 6) is 0.229. The van der Waals surface area contributed by atoms with Gasteiger partial charge in [-0.2, -0.15) is 0 Å². The van der Waals surface area contributed by atoms with Gasteiger partial charge >= 0.3 is 0 Å². The van der Waals surface area contributed by atoms with Crippen molar-refractivity contribution in [3.63, 3.8) is 0 Å². The third-order valence-corrected chi connectivity index (χ3v) is 5.00. The molecule has 1 amide bonds. The topological polar surface area (TPSA) is 84.3 Å². The number of hydrogen-bond donors (Lipinski definition) is 2. The fourth-order valence-corrected chi connectivity index (χ4v) is 3.40. The SMILES string of the molecule is CCc1cc(OCCO)cc(C)c1NC(=O)c1nccc(-c2cc(Cl)ccc2Cl)n1. The van der Waals surface area contributed by atoms with E-state index in [1.54, 1.807) is 24.3 Å². The van der Waals surface area contributed by atoms with E-state index in [0.29, 0.717) is 39.2 Å². The Morgan fingerprint density at radius 3 is 2.73 bits per heavy atom. The van der Waals surface area contributed by atoms with Crippen LogP contribution in [0.3, 0.4) is 0 Å². The molecule has 3 aromatic rings. The molecule has 0 bridgehead atoms. The van der Waals surface area contributed by atoms with E-state index in [-0.39, 0.29) is 19.0 Å². The number of nitrogens with zero attached hydrogens (tertiary/aromatic N) is 2. The first kappa shape index (κ1) is 22.0. The van der Waals surface area contributed by atoms with Gasteiger partial charge in [0.25, 0.3) is 5.91 Å². The molecule has 2 aromatic carbocycles. The van der Waals surface area contributed by atoms with Crippen LogP contribution >= 0.6 is 23.2 Å². The van der Waals surface area contributed by atoms with Crippen molar-refractivity contribution in [2.45, 2.75) is 20.3 Å². The lowest BCUT2D eigenvalue weighted by atomic mass is 10.0. The first-order valence-corrected chi connectivity index (χ1v) is 10.2. The predicted octanol–water partition coefficient (Wildman–Crippen LogP) is 4.94. The molecule has 3 rings (SSSR count). The number of nitrogens with one attached hydrogen (secondary N) is 1. The van der Waals surface area contributed by atoms with Gasteiger partial charge in [-0.05, 0) is 60.9 Å². The Kier molecular flexibility index (Phi) is 7.26. The number of ether oxygens (including phenoxy) is 1. The molecule has 1 aromatic heterocycles. The molecule has 0 atom stereocenters. The second kappa shape index (κ2) is 9.89. The summed E-state index contributed by atoms with van der Waals surface area (Å²) in [6, 6.07) is 10.4. The molecule has 0 saturated carbocycles. The minimum absolute atomic E-state index is 0.0191. The van der Waals surface area contributed by atoms with Crippen molar-refractivity contribution in [3.8, 4) is 17.0 Å². The highest BCUT2D eigenvalue weighted by Gasteiger charge is 2.16. The molecule has 0 saturated heterocycles. The molecule has 6 nitrogen and oxygen atoms in total. The Morgan fingerprint density at radius 2 is 2.00 bits per heavy atom. The minimum Gasteiger partial charge on any atom is -0.491 e. The summed E-state index contributed by atoms with van der Waals surface area (Å²) in [4.78, 5) is 21.3. The Bertz CT molecular complexity index is 1070. The third kappa shape index (κ3) is 5.08. The molecule has 156 valence electrons. The number of aromatic nitrogens is 2. The first-order chi connectivity index (χ1) is 14.4. The van der Waals surface area contributed by atoms with Gasteiger partial charge in [-0.1, -0.05) is 30.1 Å². The summed E-state index contributed by atoms with van der Waals surface area (Å²) in [6.07, 6.45) is 2.19. The molecule has 1 heterocycles. The number of anilines is 1. The van der Waals surface area contributed by atoms with Crippen molar-refractivity contribution in [2.24, 2.45) is 0 Å². The molecule has 0 aliphatic carbocycles. The lowest BCUT2D eigenvalue weighted by molar-refractivity contribution is 0.101. The van der Waals surface area contributed by atoms with E-state index in [9.17, 15) is 4.79 Å². The van der Waals surface area contributed by atoms with Crippen LogP contribution in [0.2, 0.25) is 10.0 Å². The van der Waals surface area contributed by atoms with Crippen LogP contribution in [0.1, 0.15) is 28.7 Å². The fourth-order valence-electron chi connectivity index (χ4n) is 3.01. The van der Waals surface area contributed by atoms with Crippen LogP contribution in [0.5, 0.6) is 5.75 Å². The van der Waals surface area contributed by atoms with Gasteiger partial charge < -0.3 is 15.2 Å². The number of benzene rings is 2. The molecule has 0 fully saturated rings. The first-order valence-electron chi connectivity index (χ1n) is 9.40. The van der Waals surface area contributed by atoms with Crippen LogP contribution in [-0.2, 0) is 6.42 Å². The minimum atomic E-state index is -0.433. The summed E-state index contributed by atoms with van der Waals surface area (Å²) >= 11 is 12.3. The van der Waals surface area contributed by atoms with Gasteiger partial charge in [-0.3, -0.25) is 4.79 Å². The smallest absolute Gasteiger partial charge is 0.293 e. The molecule has 8 heteroatoms. The van der Waals surface area contributed by atoms with Gasteiger partial charge in [-0.25, -0.2) is 9.97 Å². The van der Waals surface area contributed by atoms with E-state index in [0.717, 1.165) is 11.1 Å². The van der Waals surface area contributed by atoms with Crippen molar-refractivity contribution in [1.29, 1.82) is 0 Å². The summed E-state index contributed by atoms with van der Waals surface area (Å²) in [7, 11) is 0. The van der Waals surface area contributed by atoms with Crippen LogP contribution in [0.25, 0.3) is 11.3 Å². The summed E-state index contributed by atoms with van der Waals surface area (Å²) in [5, 5.41) is 12.9. The Labute approximate surface area is 184 Å². The number of aliphatic hydroxyl groups is 1. The van der Waals surface area contributed by atoms with Crippen molar-refractivity contribution >= 4 is 34.8 Å². The predicted molar refractivity (Wildman–Crippen MR) is 119 cm³/mol. The van der Waals surface area contributed by atoms with E-state index < -0.39 is 5.91 Å². The highest BCUT2D eigenvalue weighted by molar-refractivity contribution is 6.35. The second-order valence-corrected chi connectivity index (χ2v) is 7.39. The zero-order chi connectivity index (χ0) is 21.7. The van der Waals surface area contributed by atoms with Crippen LogP contribution in [0, 0.1) is 6.92 Å². The standard InChI is InChI=1S/C22H21Cl2N3O3/c1-3-14-11-16(30-9-8-28)10-13(2)20(14)27-22(29)21-25-7-6-19(26-21)17-12-15(23)4-5-18(17)24/h4-7,10-12,28H,3,8-9H2,1-2H3,(H,27,29). The number of halogens is 2. The summed E-state index contributed by atoms with van der Waals surface area (Å²) in [6.45, 7) is 4.01. The van der Waals surface area contributed by atoms with E-state index in [4.69, 9.17) is 33.0 Å². The van der Waals surface area contributed by atoms with Gasteiger partial charge in [-0.15, -0.1) is 0 Å². The number of hydrogen-bond acceptors (Lipinski definition) is 5. The number of carbonyl (C=O) groups is 1. The van der Waals surface area contributed by atoms with Crippen LogP contribution < -0.4 is 10.1 Å². The molecule has 0 aliphatic rings. The van der Waals surface area contributed by atoms with Crippen LogP contribution in [0.4, 0.5) is 5.69 Å². The van der Waals surface area contributed by atoms with Crippen molar-refractivity contribution in [1.82, 2.24) is 9.97 Å². The maximum absolute atomic E-state index is 12.9. The highest BCUT2D eigenvalue weighted by Crippen LogP contribution is 2.30. The van der Waals surface area contributed by atoms with Crippen LogP contribution in [-0.4, -0.2) is 34.2 Å². The average Bonchev–Trinajstić information content (AvgIpc) is 2.75. The zero-order valence-corrected chi connectivity index (χ0v) is 18.1. The number of aliphatic hydroxyl groups excluding tert-OH is 1. The van der Waals surface area contributed by atoms with Gasteiger partial charge in [0.1, 0.15) is 12.4 Å². The Hall–Kier alpha value is -2.67. The summed E-state index contributed by atoms with van der Waals surface area (Å²) in [5.41, 5.74) is 3.56. The lowest BCUT2D eigenvalue weighted by Gasteiger charge is -2.15. The quantitative estimate of drug-likeness (QED) is 0.537. The third-order valence-electron chi connectivity index (χ3n) is 4.43. The van der Waals surface area contributed by atoms with Gasteiger partial charge in [0.2, 0.25) is 5.82 Å². The maximum atomic E-state index is 12.9. The van der Waals surface area contributed by atoms with Crippen molar-refractivity contribution in [2.75, 3.05) is 18.5 Å². The Morgan fingerprint density at radius 1 is 1.20 bits per heavy atom. The molecule has 30 heavy (non-hydrogen) atoms. The molecule has 0 radical (unpaired) electrons. The molecule has 0 aliphatic heterocycles. The highest BCUT2D eigenvalue weighted by atomic mass is 35.5. The van der Waals surface area contributed by atoms with Crippen LogP contribution in [0.15, 0.2) is 42.6 Å². The summed E-state index contributed by atoms with van der Waals surface area (Å²) < 4.78 is 5.50. The number of aryl methyl sites for hydroxylation is 2. The second-order valence-electron chi connectivity index (χ2n) is 6.54. The lowest BCUT2D eigenvalue weighted by Crippen LogP contribution is -2.18. The normalized spacial score (nSPS) is 10.7. The number of rotatable bonds is 7. The average molecular weight is 446 g/mol. The van der Waals surface area contributed by atoms with Gasteiger partial charge in [0.05, 0.1) is 17.3 Å². The number of carbonyl (C=O) groups excluding carboxylic acids is 1. The van der Waals surface area contributed by atoms with Gasteiger partial charge in [0, 0.05) is 22.5 Å². The molecular formula is C22H21Cl2N3O3. The van der Waals surface area contributed by atoms with E-state index in [2.05, 4.69) is 15.3 Å². The van der Waals surface area contributed by atoms with E-state index in [1.165, 1.54) is 6.20 Å². The monoisotopic (exact) mass is 445 g/mol. The van der Waals surface area contributed by atoms with E-state index in [1.807, 2.05) is 26.0 Å². The van der Waals surface area contributed by atoms with Crippen molar-refractivity contribution < 1.29 is 14.6 Å². The zero-order valence-electron chi connectivity index (χ0n) is 16.6. The molecule has 0 unspecified atom stereocenters. The van der Waals surface area contributed by atoms with Crippen molar-refractivity contribution in [3.05, 3.63) is 69.6 Å². The Balaban J connectivity index is 1.89.